The number of Topliss-reactive ketones (excluding diaryl/α,β-unsaturated/α-hetero) is 1. The third-order valence-corrected chi connectivity index (χ3v) is 4.49. The van der Waals surface area contributed by atoms with Crippen LogP contribution in [0.15, 0.2) is 42.0 Å². The van der Waals surface area contributed by atoms with Gasteiger partial charge in [0.15, 0.2) is 5.78 Å². The van der Waals surface area contributed by atoms with E-state index in [1.807, 2.05) is 0 Å². The molecule has 2 aromatic carbocycles. The summed E-state index contributed by atoms with van der Waals surface area (Å²) in [6, 6.07) is 13.0. The number of carbonyl (C=O) groups excluding carboxylic acids is 1. The topological polar surface area (TPSA) is 17.1 Å². The number of rotatable bonds is 0. The van der Waals surface area contributed by atoms with Crippen molar-refractivity contribution in [3.8, 4) is 0 Å². The summed E-state index contributed by atoms with van der Waals surface area (Å²) in [4.78, 5) is 12.1. The van der Waals surface area contributed by atoms with Crippen molar-refractivity contribution in [2.45, 2.75) is 32.1 Å². The maximum atomic E-state index is 12.1. The fourth-order valence-electron chi connectivity index (χ4n) is 3.60. The highest BCUT2D eigenvalue weighted by Gasteiger charge is 2.27. The van der Waals surface area contributed by atoms with Crippen LogP contribution in [0.3, 0.4) is 0 Å². The van der Waals surface area contributed by atoms with Crippen LogP contribution < -0.4 is 0 Å². The highest BCUT2D eigenvalue weighted by molar-refractivity contribution is 6.08. The van der Waals surface area contributed by atoms with Gasteiger partial charge in [0, 0.05) is 6.42 Å². The van der Waals surface area contributed by atoms with Crippen molar-refractivity contribution in [1.29, 1.82) is 0 Å². The molecule has 0 heterocycles. The van der Waals surface area contributed by atoms with Gasteiger partial charge in [0.25, 0.3) is 0 Å². The van der Waals surface area contributed by atoms with Crippen LogP contribution in [0.4, 0.5) is 0 Å². The number of ketones is 1. The van der Waals surface area contributed by atoms with Crippen LogP contribution >= 0.6 is 0 Å². The first-order chi connectivity index (χ1) is 9.34. The zero-order valence-corrected chi connectivity index (χ0v) is 10.9. The summed E-state index contributed by atoms with van der Waals surface area (Å²) in [5.74, 6) is 0.389. The lowest BCUT2D eigenvalue weighted by atomic mass is 9.76. The van der Waals surface area contributed by atoms with Crippen molar-refractivity contribution in [1.82, 2.24) is 0 Å². The van der Waals surface area contributed by atoms with Crippen LogP contribution in [0.5, 0.6) is 0 Å². The van der Waals surface area contributed by atoms with Crippen LogP contribution in [-0.2, 0) is 11.2 Å². The first-order valence-electron chi connectivity index (χ1n) is 7.11. The van der Waals surface area contributed by atoms with Crippen molar-refractivity contribution in [2.24, 2.45) is 0 Å². The number of allylic oxidation sites excluding steroid dienone is 2. The minimum atomic E-state index is 0.389. The van der Waals surface area contributed by atoms with Crippen LogP contribution in [0, 0.1) is 0 Å². The first-order valence-corrected chi connectivity index (χ1v) is 7.11. The third-order valence-electron chi connectivity index (χ3n) is 4.49. The fourth-order valence-corrected chi connectivity index (χ4v) is 3.60. The predicted molar refractivity (Wildman–Crippen MR) is 78.0 cm³/mol. The molecule has 1 nitrogen and oxygen atoms in total. The van der Waals surface area contributed by atoms with Gasteiger partial charge < -0.3 is 0 Å². The first kappa shape index (κ1) is 11.0. The van der Waals surface area contributed by atoms with Crippen molar-refractivity contribution >= 4 is 22.1 Å². The molecule has 0 spiro atoms. The molecule has 2 aromatic rings. The standard InChI is InChI=1S/C18H16O/c19-17-7-3-6-16-15(17)11-10-13-9-8-12-4-1-2-5-14(12)18(13)16/h1-2,4-5,8-9H,3,6-7,10-11H2. The van der Waals surface area contributed by atoms with E-state index in [2.05, 4.69) is 36.4 Å². The molecule has 19 heavy (non-hydrogen) atoms. The van der Waals surface area contributed by atoms with Crippen LogP contribution in [0.25, 0.3) is 16.3 Å². The second-order valence-corrected chi connectivity index (χ2v) is 5.55. The lowest BCUT2D eigenvalue weighted by Gasteiger charge is -2.27. The number of hydrogen-bond acceptors (Lipinski definition) is 1. The Hall–Kier alpha value is -1.89. The molecule has 0 radical (unpaired) electrons. The zero-order chi connectivity index (χ0) is 12.8. The number of fused-ring (bicyclic) bond motifs is 4. The Balaban J connectivity index is 2.07. The smallest absolute Gasteiger partial charge is 0.159 e. The quantitative estimate of drug-likeness (QED) is 0.679. The zero-order valence-electron chi connectivity index (χ0n) is 10.9. The molecular weight excluding hydrogens is 232 g/mol. The maximum Gasteiger partial charge on any atom is 0.159 e. The summed E-state index contributed by atoms with van der Waals surface area (Å²) in [7, 11) is 0. The van der Waals surface area contributed by atoms with Gasteiger partial charge in [0.2, 0.25) is 0 Å². The fraction of sp³-hybridized carbons (Fsp3) is 0.278. The molecule has 0 unspecified atom stereocenters. The molecule has 2 aliphatic carbocycles. The molecule has 2 aliphatic rings. The molecule has 0 aromatic heterocycles. The summed E-state index contributed by atoms with van der Waals surface area (Å²) in [6.07, 6.45) is 4.80. The Bertz CT molecular complexity index is 722. The minimum absolute atomic E-state index is 0.389. The van der Waals surface area contributed by atoms with Gasteiger partial charge in [0.1, 0.15) is 0 Å². The van der Waals surface area contributed by atoms with Gasteiger partial charge in [-0.05, 0) is 58.7 Å². The Labute approximate surface area is 112 Å². The number of aryl methyl sites for hydroxylation is 1. The molecule has 0 bridgehead atoms. The van der Waals surface area contributed by atoms with Crippen molar-refractivity contribution in [3.63, 3.8) is 0 Å². The second kappa shape index (κ2) is 4.06. The Kier molecular flexibility index (Phi) is 2.34. The van der Waals surface area contributed by atoms with Crippen molar-refractivity contribution in [3.05, 3.63) is 53.1 Å². The predicted octanol–water partition coefficient (Wildman–Crippen LogP) is 4.29. The Morgan fingerprint density at radius 1 is 0.789 bits per heavy atom. The van der Waals surface area contributed by atoms with E-state index in [0.717, 1.165) is 37.7 Å². The van der Waals surface area contributed by atoms with E-state index in [4.69, 9.17) is 0 Å². The number of hydrogen-bond donors (Lipinski definition) is 0. The maximum absolute atomic E-state index is 12.1. The van der Waals surface area contributed by atoms with E-state index in [-0.39, 0.29) is 0 Å². The molecule has 4 rings (SSSR count). The molecule has 0 fully saturated rings. The van der Waals surface area contributed by atoms with E-state index in [1.165, 1.54) is 27.5 Å². The minimum Gasteiger partial charge on any atom is -0.295 e. The molecule has 0 atom stereocenters. The van der Waals surface area contributed by atoms with E-state index >= 15 is 0 Å². The summed E-state index contributed by atoms with van der Waals surface area (Å²) >= 11 is 0. The van der Waals surface area contributed by atoms with Gasteiger partial charge in [-0.1, -0.05) is 36.4 Å². The normalized spacial score (nSPS) is 18.4. The van der Waals surface area contributed by atoms with Crippen molar-refractivity contribution < 1.29 is 4.79 Å². The molecule has 0 N–H and O–H groups in total. The van der Waals surface area contributed by atoms with Crippen LogP contribution in [0.1, 0.15) is 36.8 Å². The second-order valence-electron chi connectivity index (χ2n) is 5.55. The van der Waals surface area contributed by atoms with Gasteiger partial charge in [0.05, 0.1) is 0 Å². The molecular formula is C18H16O. The SMILES string of the molecule is O=C1CCCC2=C1CCc1ccc3ccccc3c12. The lowest BCUT2D eigenvalue weighted by Crippen LogP contribution is -2.16. The van der Waals surface area contributed by atoms with Gasteiger partial charge in [-0.25, -0.2) is 0 Å². The molecule has 0 saturated carbocycles. The van der Waals surface area contributed by atoms with Gasteiger partial charge >= 0.3 is 0 Å². The summed E-state index contributed by atoms with van der Waals surface area (Å²) in [5, 5.41) is 2.61. The van der Waals surface area contributed by atoms with E-state index in [1.54, 1.807) is 0 Å². The highest BCUT2D eigenvalue weighted by Crippen LogP contribution is 2.41. The Morgan fingerprint density at radius 3 is 2.63 bits per heavy atom. The monoisotopic (exact) mass is 248 g/mol. The van der Waals surface area contributed by atoms with Crippen LogP contribution in [-0.4, -0.2) is 5.78 Å². The number of carbonyl (C=O) groups is 1. The third kappa shape index (κ3) is 1.58. The number of benzene rings is 2. The van der Waals surface area contributed by atoms with Gasteiger partial charge in [-0.2, -0.15) is 0 Å². The van der Waals surface area contributed by atoms with E-state index in [9.17, 15) is 4.79 Å². The van der Waals surface area contributed by atoms with Crippen molar-refractivity contribution in [2.75, 3.05) is 0 Å². The molecule has 1 heteroatoms. The molecule has 0 amide bonds. The average molecular weight is 248 g/mol. The molecule has 94 valence electrons. The molecule has 0 saturated heterocycles. The van der Waals surface area contributed by atoms with E-state index in [0.29, 0.717) is 5.78 Å². The summed E-state index contributed by atoms with van der Waals surface area (Å²) < 4.78 is 0. The Morgan fingerprint density at radius 2 is 1.68 bits per heavy atom. The molecule has 0 aliphatic heterocycles. The average Bonchev–Trinajstić information content (AvgIpc) is 2.47. The summed E-state index contributed by atoms with van der Waals surface area (Å²) in [5.41, 5.74) is 5.25. The summed E-state index contributed by atoms with van der Waals surface area (Å²) in [6.45, 7) is 0. The van der Waals surface area contributed by atoms with Gasteiger partial charge in [-0.15, -0.1) is 0 Å². The van der Waals surface area contributed by atoms with Crippen LogP contribution in [0.2, 0.25) is 0 Å². The van der Waals surface area contributed by atoms with Gasteiger partial charge in [-0.3, -0.25) is 4.79 Å². The highest BCUT2D eigenvalue weighted by atomic mass is 16.1. The largest absolute Gasteiger partial charge is 0.295 e. The van der Waals surface area contributed by atoms with E-state index < -0.39 is 0 Å². The lowest BCUT2D eigenvalue weighted by molar-refractivity contribution is -0.116.